The molecule has 0 bridgehead atoms. The highest BCUT2D eigenvalue weighted by Gasteiger charge is 2.21. The highest BCUT2D eigenvalue weighted by atomic mass is 16.2. The molecule has 0 saturated carbocycles. The van der Waals surface area contributed by atoms with Crippen molar-refractivity contribution in [2.45, 2.75) is 38.8 Å². The Balaban J connectivity index is 1.79. The van der Waals surface area contributed by atoms with Gasteiger partial charge in [-0.2, -0.15) is 5.10 Å². The van der Waals surface area contributed by atoms with Crippen LogP contribution in [0.3, 0.4) is 0 Å². The molecule has 5 heteroatoms. The molecule has 1 unspecified atom stereocenters. The third-order valence-corrected chi connectivity index (χ3v) is 3.40. The van der Waals surface area contributed by atoms with Gasteiger partial charge in [0.1, 0.15) is 0 Å². The van der Waals surface area contributed by atoms with Crippen LogP contribution in [0.4, 0.5) is 0 Å². The third-order valence-electron chi connectivity index (χ3n) is 3.40. The molecule has 0 radical (unpaired) electrons. The van der Waals surface area contributed by atoms with E-state index in [-0.39, 0.29) is 11.9 Å². The van der Waals surface area contributed by atoms with Gasteiger partial charge in [-0.25, -0.2) is 0 Å². The lowest BCUT2D eigenvalue weighted by Gasteiger charge is -2.29. The van der Waals surface area contributed by atoms with E-state index >= 15 is 0 Å². The number of piperidine rings is 1. The minimum absolute atomic E-state index is 0.134. The lowest BCUT2D eigenvalue weighted by Crippen LogP contribution is -2.46. The average molecular weight is 250 g/mol. The van der Waals surface area contributed by atoms with Crippen LogP contribution in [-0.2, 0) is 18.4 Å². The smallest absolute Gasteiger partial charge is 0.239 e. The van der Waals surface area contributed by atoms with Gasteiger partial charge in [0.15, 0.2) is 0 Å². The maximum absolute atomic E-state index is 12.2. The van der Waals surface area contributed by atoms with Crippen LogP contribution >= 0.6 is 0 Å². The molecule has 100 valence electrons. The van der Waals surface area contributed by atoms with E-state index in [0.29, 0.717) is 6.54 Å². The minimum atomic E-state index is -0.134. The lowest BCUT2D eigenvalue weighted by molar-refractivity contribution is -0.133. The van der Waals surface area contributed by atoms with Crippen molar-refractivity contribution in [3.63, 3.8) is 0 Å². The molecular formula is C13H22N4O. The van der Waals surface area contributed by atoms with Crippen molar-refractivity contribution in [2.75, 3.05) is 13.1 Å². The fourth-order valence-corrected chi connectivity index (χ4v) is 2.29. The number of carbonyl (C=O) groups excluding carboxylic acids is 1. The zero-order valence-electron chi connectivity index (χ0n) is 11.2. The first-order valence-corrected chi connectivity index (χ1v) is 6.67. The first-order valence-electron chi connectivity index (χ1n) is 6.67. The van der Waals surface area contributed by atoms with Gasteiger partial charge < -0.3 is 10.2 Å². The van der Waals surface area contributed by atoms with Gasteiger partial charge in [-0.15, -0.1) is 0 Å². The van der Waals surface area contributed by atoms with E-state index in [0.717, 1.165) is 31.6 Å². The van der Waals surface area contributed by atoms with Gasteiger partial charge in [-0.05, 0) is 32.3 Å². The molecule has 1 aromatic rings. The van der Waals surface area contributed by atoms with E-state index in [9.17, 15) is 4.79 Å². The van der Waals surface area contributed by atoms with Crippen LogP contribution in [0.2, 0.25) is 0 Å². The average Bonchev–Trinajstić information content (AvgIpc) is 2.82. The highest BCUT2D eigenvalue weighted by molar-refractivity contribution is 5.81. The number of nitrogens with zero attached hydrogens (tertiary/aromatic N) is 3. The number of hydrogen-bond acceptors (Lipinski definition) is 3. The first-order chi connectivity index (χ1) is 8.66. The molecule has 1 aliphatic heterocycles. The van der Waals surface area contributed by atoms with Crippen molar-refractivity contribution in [2.24, 2.45) is 7.05 Å². The summed E-state index contributed by atoms with van der Waals surface area (Å²) in [6.07, 6.45) is 5.44. The second-order valence-electron chi connectivity index (χ2n) is 4.97. The summed E-state index contributed by atoms with van der Waals surface area (Å²) in [4.78, 5) is 14.1. The molecule has 2 heterocycles. The summed E-state index contributed by atoms with van der Waals surface area (Å²) in [5.74, 6) is 0.214. The molecule has 5 nitrogen and oxygen atoms in total. The van der Waals surface area contributed by atoms with Gasteiger partial charge in [0.05, 0.1) is 11.7 Å². The fourth-order valence-electron chi connectivity index (χ4n) is 2.29. The van der Waals surface area contributed by atoms with Crippen molar-refractivity contribution in [3.05, 3.63) is 18.0 Å². The molecular weight excluding hydrogens is 228 g/mol. The second-order valence-corrected chi connectivity index (χ2v) is 4.97. The van der Waals surface area contributed by atoms with Gasteiger partial charge in [0.2, 0.25) is 5.91 Å². The van der Waals surface area contributed by atoms with Crippen LogP contribution in [0, 0.1) is 0 Å². The number of nitrogens with one attached hydrogen (secondary N) is 1. The summed E-state index contributed by atoms with van der Waals surface area (Å²) in [6.45, 7) is 4.39. The van der Waals surface area contributed by atoms with Crippen LogP contribution in [0.25, 0.3) is 0 Å². The standard InChI is InChI=1S/C13H22N4O/c1-11(13(18)17-7-4-3-5-8-17)14-10-12-6-9-16(2)15-12/h6,9,11,14H,3-5,7-8,10H2,1-2H3. The summed E-state index contributed by atoms with van der Waals surface area (Å²) in [6, 6.07) is 1.83. The Kier molecular flexibility index (Phi) is 4.36. The number of carbonyl (C=O) groups is 1. The monoisotopic (exact) mass is 250 g/mol. The van der Waals surface area contributed by atoms with Gasteiger partial charge in [-0.1, -0.05) is 0 Å². The number of hydrogen-bond donors (Lipinski definition) is 1. The molecule has 0 aliphatic carbocycles. The first kappa shape index (κ1) is 13.1. The van der Waals surface area contributed by atoms with E-state index in [1.165, 1.54) is 6.42 Å². The van der Waals surface area contributed by atoms with Crippen molar-refractivity contribution >= 4 is 5.91 Å². The van der Waals surface area contributed by atoms with Crippen molar-refractivity contribution < 1.29 is 4.79 Å². The fraction of sp³-hybridized carbons (Fsp3) is 0.692. The Labute approximate surface area is 108 Å². The lowest BCUT2D eigenvalue weighted by atomic mass is 10.1. The molecule has 1 aromatic heterocycles. The van der Waals surface area contributed by atoms with Gasteiger partial charge in [-0.3, -0.25) is 9.48 Å². The Morgan fingerprint density at radius 3 is 2.78 bits per heavy atom. The quantitative estimate of drug-likeness (QED) is 0.864. The Hall–Kier alpha value is -1.36. The molecule has 2 rings (SSSR count). The minimum Gasteiger partial charge on any atom is -0.341 e. The zero-order valence-corrected chi connectivity index (χ0v) is 11.2. The predicted molar refractivity (Wildman–Crippen MR) is 69.9 cm³/mol. The van der Waals surface area contributed by atoms with E-state index in [2.05, 4.69) is 10.4 Å². The third kappa shape index (κ3) is 3.32. The van der Waals surface area contributed by atoms with Crippen LogP contribution < -0.4 is 5.32 Å². The summed E-state index contributed by atoms with van der Waals surface area (Å²) >= 11 is 0. The molecule has 1 fully saturated rings. The van der Waals surface area contributed by atoms with Crippen LogP contribution in [0.15, 0.2) is 12.3 Å². The molecule has 1 N–H and O–H groups in total. The summed E-state index contributed by atoms with van der Waals surface area (Å²) in [5, 5.41) is 7.53. The summed E-state index contributed by atoms with van der Waals surface area (Å²) in [5.41, 5.74) is 0.968. The Morgan fingerprint density at radius 1 is 1.44 bits per heavy atom. The van der Waals surface area contributed by atoms with E-state index in [1.54, 1.807) is 4.68 Å². The summed E-state index contributed by atoms with van der Waals surface area (Å²) < 4.78 is 1.77. The predicted octanol–water partition coefficient (Wildman–Crippen LogP) is 0.911. The van der Waals surface area contributed by atoms with E-state index in [4.69, 9.17) is 0 Å². The SMILES string of the molecule is CC(NCc1ccn(C)n1)C(=O)N1CCCCC1. The molecule has 1 amide bonds. The maximum atomic E-state index is 12.2. The topological polar surface area (TPSA) is 50.2 Å². The van der Waals surface area contributed by atoms with E-state index in [1.807, 2.05) is 31.1 Å². The number of likely N-dealkylation sites (tertiary alicyclic amines) is 1. The van der Waals surface area contributed by atoms with Crippen LogP contribution in [0.5, 0.6) is 0 Å². The molecule has 0 aromatic carbocycles. The molecule has 1 saturated heterocycles. The molecule has 0 spiro atoms. The van der Waals surface area contributed by atoms with Gasteiger partial charge in [0.25, 0.3) is 0 Å². The van der Waals surface area contributed by atoms with Gasteiger partial charge in [0, 0.05) is 32.9 Å². The summed E-state index contributed by atoms with van der Waals surface area (Å²) in [7, 11) is 1.89. The number of rotatable bonds is 4. The highest BCUT2D eigenvalue weighted by Crippen LogP contribution is 2.10. The Morgan fingerprint density at radius 2 is 2.17 bits per heavy atom. The molecule has 1 aliphatic rings. The Bertz CT molecular complexity index is 395. The van der Waals surface area contributed by atoms with Crippen molar-refractivity contribution in [1.29, 1.82) is 0 Å². The zero-order chi connectivity index (χ0) is 13.0. The van der Waals surface area contributed by atoms with Crippen molar-refractivity contribution in [3.8, 4) is 0 Å². The van der Waals surface area contributed by atoms with Crippen LogP contribution in [-0.4, -0.2) is 39.7 Å². The number of aryl methyl sites for hydroxylation is 1. The number of amides is 1. The van der Waals surface area contributed by atoms with Crippen molar-refractivity contribution in [1.82, 2.24) is 20.0 Å². The van der Waals surface area contributed by atoms with Gasteiger partial charge >= 0.3 is 0 Å². The van der Waals surface area contributed by atoms with E-state index < -0.39 is 0 Å². The second kappa shape index (κ2) is 6.00. The molecule has 1 atom stereocenters. The largest absolute Gasteiger partial charge is 0.341 e. The number of aromatic nitrogens is 2. The van der Waals surface area contributed by atoms with Crippen LogP contribution in [0.1, 0.15) is 31.9 Å². The molecule has 18 heavy (non-hydrogen) atoms. The maximum Gasteiger partial charge on any atom is 0.239 e. The normalized spacial score (nSPS) is 17.8.